The highest BCUT2D eigenvalue weighted by Crippen LogP contribution is 2.19. The standard InChI is InChI=1S/C8H8BrN3O3/c1-15-7(13)4-2-6(12-8(10)14)11-3-5(4)9/h2-3H,1H3,(H3,10,11,12,14). The summed E-state index contributed by atoms with van der Waals surface area (Å²) in [5.74, 6) is -0.345. The van der Waals surface area contributed by atoms with Crippen LogP contribution in [0.2, 0.25) is 0 Å². The van der Waals surface area contributed by atoms with E-state index in [-0.39, 0.29) is 11.4 Å². The van der Waals surface area contributed by atoms with E-state index in [1.807, 2.05) is 0 Å². The number of nitrogens with one attached hydrogen (secondary N) is 1. The van der Waals surface area contributed by atoms with Crippen molar-refractivity contribution in [2.24, 2.45) is 5.73 Å². The Morgan fingerprint density at radius 1 is 1.60 bits per heavy atom. The molecule has 1 aromatic rings. The molecule has 0 atom stereocenters. The lowest BCUT2D eigenvalue weighted by molar-refractivity contribution is 0.0599. The molecule has 1 aromatic heterocycles. The number of halogens is 1. The highest BCUT2D eigenvalue weighted by Gasteiger charge is 2.12. The van der Waals surface area contributed by atoms with Gasteiger partial charge >= 0.3 is 12.0 Å². The number of amides is 2. The summed E-state index contributed by atoms with van der Waals surface area (Å²) >= 11 is 3.13. The molecule has 0 radical (unpaired) electrons. The number of methoxy groups -OCH3 is 1. The molecule has 0 fully saturated rings. The minimum absolute atomic E-state index is 0.186. The lowest BCUT2D eigenvalue weighted by Gasteiger charge is -2.05. The number of nitrogens with two attached hydrogens (primary N) is 1. The Balaban J connectivity index is 3.05. The van der Waals surface area contributed by atoms with Crippen LogP contribution in [0.4, 0.5) is 10.6 Å². The number of carbonyl (C=O) groups is 2. The second-order valence-electron chi connectivity index (χ2n) is 2.53. The minimum atomic E-state index is -0.749. The Hall–Kier alpha value is -1.63. The van der Waals surface area contributed by atoms with E-state index in [2.05, 4.69) is 31.0 Å². The molecule has 1 rings (SSSR count). The summed E-state index contributed by atoms with van der Waals surface area (Å²) in [5.41, 5.74) is 5.16. The van der Waals surface area contributed by atoms with Crippen molar-refractivity contribution in [2.75, 3.05) is 12.4 Å². The van der Waals surface area contributed by atoms with Gasteiger partial charge in [-0.3, -0.25) is 5.32 Å². The van der Waals surface area contributed by atoms with Gasteiger partial charge in [0.1, 0.15) is 5.82 Å². The number of primary amides is 1. The van der Waals surface area contributed by atoms with Gasteiger partial charge in [-0.1, -0.05) is 0 Å². The lowest BCUT2D eigenvalue weighted by Crippen LogP contribution is -2.20. The van der Waals surface area contributed by atoms with Gasteiger partial charge in [-0.05, 0) is 22.0 Å². The summed E-state index contributed by atoms with van der Waals surface area (Å²) < 4.78 is 5.01. The fourth-order valence-electron chi connectivity index (χ4n) is 0.900. The first-order chi connectivity index (χ1) is 7.04. The van der Waals surface area contributed by atoms with E-state index < -0.39 is 12.0 Å². The van der Waals surface area contributed by atoms with Crippen molar-refractivity contribution >= 4 is 33.7 Å². The summed E-state index contributed by atoms with van der Waals surface area (Å²) in [6, 6.07) is 0.612. The molecule has 0 aliphatic carbocycles. The third-order valence-corrected chi connectivity index (χ3v) is 2.14. The van der Waals surface area contributed by atoms with Gasteiger partial charge in [-0.15, -0.1) is 0 Å². The number of esters is 1. The molecular weight excluding hydrogens is 266 g/mol. The minimum Gasteiger partial charge on any atom is -0.465 e. The van der Waals surface area contributed by atoms with E-state index >= 15 is 0 Å². The quantitative estimate of drug-likeness (QED) is 0.790. The number of carbonyl (C=O) groups excluding carboxylic acids is 2. The van der Waals surface area contributed by atoms with Crippen molar-refractivity contribution in [3.63, 3.8) is 0 Å². The van der Waals surface area contributed by atoms with E-state index in [9.17, 15) is 9.59 Å². The molecule has 0 saturated carbocycles. The molecule has 0 unspecified atom stereocenters. The SMILES string of the molecule is COC(=O)c1cc(NC(N)=O)ncc1Br. The van der Waals surface area contributed by atoms with Gasteiger partial charge in [0.2, 0.25) is 0 Å². The molecule has 0 aromatic carbocycles. The van der Waals surface area contributed by atoms with Crippen LogP contribution in [-0.4, -0.2) is 24.1 Å². The van der Waals surface area contributed by atoms with Crippen LogP contribution in [0.3, 0.4) is 0 Å². The predicted molar refractivity (Wildman–Crippen MR) is 56.5 cm³/mol. The normalized spacial score (nSPS) is 9.47. The average Bonchev–Trinajstić information content (AvgIpc) is 2.19. The van der Waals surface area contributed by atoms with Gasteiger partial charge in [-0.2, -0.15) is 0 Å². The van der Waals surface area contributed by atoms with Gasteiger partial charge < -0.3 is 10.5 Å². The molecule has 0 aliphatic heterocycles. The fraction of sp³-hybridized carbons (Fsp3) is 0.125. The smallest absolute Gasteiger partial charge is 0.339 e. The first-order valence-electron chi connectivity index (χ1n) is 3.85. The van der Waals surface area contributed by atoms with Crippen LogP contribution in [-0.2, 0) is 4.74 Å². The maximum Gasteiger partial charge on any atom is 0.339 e. The van der Waals surface area contributed by atoms with Gasteiger partial charge in [0.05, 0.1) is 17.1 Å². The average molecular weight is 274 g/mol. The first kappa shape index (κ1) is 11.4. The molecule has 0 saturated heterocycles. The van der Waals surface area contributed by atoms with Crippen LogP contribution in [0, 0.1) is 0 Å². The molecule has 7 heteroatoms. The molecule has 1 heterocycles. The molecule has 80 valence electrons. The van der Waals surface area contributed by atoms with Gasteiger partial charge in [0.15, 0.2) is 0 Å². The number of pyridine rings is 1. The number of urea groups is 1. The summed E-state index contributed by atoms with van der Waals surface area (Å²) in [6.07, 6.45) is 1.37. The maximum atomic E-state index is 11.2. The van der Waals surface area contributed by atoms with E-state index in [4.69, 9.17) is 5.73 Å². The summed E-state index contributed by atoms with van der Waals surface area (Å²) in [4.78, 5) is 25.6. The molecular formula is C8H8BrN3O3. The zero-order valence-corrected chi connectivity index (χ0v) is 9.37. The number of hydrogen-bond acceptors (Lipinski definition) is 4. The van der Waals surface area contributed by atoms with Crippen molar-refractivity contribution in [1.82, 2.24) is 4.98 Å². The Kier molecular flexibility index (Phi) is 3.62. The Bertz CT molecular complexity index is 408. The Morgan fingerprint density at radius 2 is 2.27 bits per heavy atom. The third-order valence-electron chi connectivity index (χ3n) is 1.51. The first-order valence-corrected chi connectivity index (χ1v) is 4.64. The van der Waals surface area contributed by atoms with Gasteiger partial charge in [0, 0.05) is 6.20 Å². The lowest BCUT2D eigenvalue weighted by atomic mass is 10.2. The predicted octanol–water partition coefficient (Wildman–Crippen LogP) is 1.12. The van der Waals surface area contributed by atoms with E-state index in [0.717, 1.165) is 0 Å². The summed E-state index contributed by atoms with van der Waals surface area (Å²) in [7, 11) is 1.26. The van der Waals surface area contributed by atoms with E-state index in [1.165, 1.54) is 19.4 Å². The van der Waals surface area contributed by atoms with Gasteiger partial charge in [0.25, 0.3) is 0 Å². The number of ether oxygens (including phenoxy) is 1. The molecule has 0 bridgehead atoms. The largest absolute Gasteiger partial charge is 0.465 e. The second-order valence-corrected chi connectivity index (χ2v) is 3.38. The van der Waals surface area contributed by atoms with Crippen molar-refractivity contribution < 1.29 is 14.3 Å². The van der Waals surface area contributed by atoms with Gasteiger partial charge in [-0.25, -0.2) is 14.6 Å². The fourth-order valence-corrected chi connectivity index (χ4v) is 1.28. The van der Waals surface area contributed by atoms with Crippen LogP contribution in [0.15, 0.2) is 16.7 Å². The third kappa shape index (κ3) is 2.91. The van der Waals surface area contributed by atoms with Crippen molar-refractivity contribution in [3.8, 4) is 0 Å². The highest BCUT2D eigenvalue weighted by atomic mass is 79.9. The number of hydrogen-bond donors (Lipinski definition) is 2. The number of anilines is 1. The molecule has 15 heavy (non-hydrogen) atoms. The Morgan fingerprint density at radius 3 is 2.80 bits per heavy atom. The van der Waals surface area contributed by atoms with Crippen LogP contribution < -0.4 is 11.1 Å². The topological polar surface area (TPSA) is 94.3 Å². The molecule has 0 spiro atoms. The van der Waals surface area contributed by atoms with Crippen LogP contribution in [0.25, 0.3) is 0 Å². The summed E-state index contributed by atoms with van der Waals surface area (Å²) in [6.45, 7) is 0. The van der Waals surface area contributed by atoms with Crippen LogP contribution >= 0.6 is 15.9 Å². The molecule has 0 aliphatic rings. The zero-order valence-electron chi connectivity index (χ0n) is 7.78. The monoisotopic (exact) mass is 273 g/mol. The molecule has 6 nitrogen and oxygen atoms in total. The number of nitrogens with zero attached hydrogens (tertiary/aromatic N) is 1. The zero-order chi connectivity index (χ0) is 11.4. The maximum absolute atomic E-state index is 11.2. The van der Waals surface area contributed by atoms with Crippen molar-refractivity contribution in [1.29, 1.82) is 0 Å². The molecule has 2 amide bonds. The second kappa shape index (κ2) is 4.74. The number of aromatic nitrogens is 1. The summed E-state index contributed by atoms with van der Waals surface area (Å²) in [5, 5.41) is 2.25. The highest BCUT2D eigenvalue weighted by molar-refractivity contribution is 9.10. The Labute approximate surface area is 93.9 Å². The van der Waals surface area contributed by atoms with E-state index in [1.54, 1.807) is 0 Å². The molecule has 3 N–H and O–H groups in total. The van der Waals surface area contributed by atoms with Crippen molar-refractivity contribution in [3.05, 3.63) is 22.3 Å². The van der Waals surface area contributed by atoms with Crippen LogP contribution in [0.1, 0.15) is 10.4 Å². The number of rotatable bonds is 2. The van der Waals surface area contributed by atoms with Crippen LogP contribution in [0.5, 0.6) is 0 Å². The van der Waals surface area contributed by atoms with Crippen molar-refractivity contribution in [2.45, 2.75) is 0 Å². The van der Waals surface area contributed by atoms with E-state index in [0.29, 0.717) is 4.47 Å².